The van der Waals surface area contributed by atoms with E-state index in [9.17, 15) is 9.59 Å². The van der Waals surface area contributed by atoms with Crippen LogP contribution in [0.1, 0.15) is 25.2 Å². The second-order valence-corrected chi connectivity index (χ2v) is 6.80. The van der Waals surface area contributed by atoms with Crippen molar-refractivity contribution in [2.24, 2.45) is 0 Å². The number of aryl methyl sites for hydroxylation is 1. The van der Waals surface area contributed by atoms with Crippen molar-refractivity contribution in [2.75, 3.05) is 4.90 Å². The monoisotopic (exact) mass is 347 g/mol. The molecule has 0 unspecified atom stereocenters. The highest BCUT2D eigenvalue weighted by Crippen LogP contribution is 2.45. The Bertz CT molecular complexity index is 1050. The van der Waals surface area contributed by atoms with E-state index in [-0.39, 0.29) is 11.5 Å². The van der Waals surface area contributed by atoms with Crippen LogP contribution in [0.5, 0.6) is 0 Å². The van der Waals surface area contributed by atoms with Crippen LogP contribution in [-0.2, 0) is 10.2 Å². The first-order chi connectivity index (χ1) is 12.4. The first-order valence-electron chi connectivity index (χ1n) is 8.22. The summed E-state index contributed by atoms with van der Waals surface area (Å²) >= 11 is 0. The lowest BCUT2D eigenvalue weighted by Gasteiger charge is -2.19. The summed E-state index contributed by atoms with van der Waals surface area (Å²) in [6.45, 7) is 5.60. The number of H-pyrrole nitrogens is 1. The second-order valence-electron chi connectivity index (χ2n) is 6.80. The molecule has 130 valence electrons. The van der Waals surface area contributed by atoms with E-state index in [4.69, 9.17) is 0 Å². The molecule has 1 aliphatic heterocycles. The third kappa shape index (κ3) is 2.40. The van der Waals surface area contributed by atoms with E-state index in [0.717, 1.165) is 22.4 Å². The lowest BCUT2D eigenvalue weighted by molar-refractivity contribution is -0.121. The molecule has 0 bridgehead atoms. The summed E-state index contributed by atoms with van der Waals surface area (Å²) in [4.78, 5) is 34.4. The van der Waals surface area contributed by atoms with Crippen LogP contribution in [0.15, 0.2) is 47.5 Å². The van der Waals surface area contributed by atoms with Gasteiger partial charge in [-0.2, -0.15) is 5.10 Å². The number of anilines is 2. The van der Waals surface area contributed by atoms with E-state index in [2.05, 4.69) is 20.2 Å². The number of hydrogen-bond donors (Lipinski definition) is 1. The quantitative estimate of drug-likeness (QED) is 0.769. The number of aromatic amines is 1. The zero-order chi connectivity index (χ0) is 18.5. The van der Waals surface area contributed by atoms with Crippen molar-refractivity contribution < 1.29 is 4.79 Å². The second kappa shape index (κ2) is 5.59. The molecule has 7 heteroatoms. The highest BCUT2D eigenvalue weighted by molar-refractivity contribution is 6.12. The Balaban J connectivity index is 1.88. The molecular weight excluding hydrogens is 330 g/mol. The van der Waals surface area contributed by atoms with E-state index in [1.165, 1.54) is 6.07 Å². The average molecular weight is 347 g/mol. The van der Waals surface area contributed by atoms with Crippen LogP contribution in [0.25, 0.3) is 11.1 Å². The van der Waals surface area contributed by atoms with Crippen molar-refractivity contribution in [2.45, 2.75) is 26.2 Å². The van der Waals surface area contributed by atoms with Gasteiger partial charge in [-0.15, -0.1) is 0 Å². The molecule has 1 aromatic carbocycles. The Kier molecular flexibility index (Phi) is 3.47. The SMILES string of the molecule is Cc1ncc(-c2ccc3c(c2)N(c2ccc(=O)[nH]n2)C(=O)C3(C)C)cn1. The van der Waals surface area contributed by atoms with Gasteiger partial charge in [0, 0.05) is 24.0 Å². The zero-order valence-electron chi connectivity index (χ0n) is 14.6. The van der Waals surface area contributed by atoms with Gasteiger partial charge in [0.1, 0.15) is 5.82 Å². The van der Waals surface area contributed by atoms with E-state index >= 15 is 0 Å². The standard InChI is InChI=1S/C19H17N5O2/c1-11-20-9-13(10-21-11)12-4-5-14-15(8-12)24(18(26)19(14,2)3)16-6-7-17(25)23-22-16/h4-10H,1-3H3,(H,23,25). The number of benzene rings is 1. The molecule has 3 aromatic rings. The van der Waals surface area contributed by atoms with E-state index in [1.807, 2.05) is 39.0 Å². The van der Waals surface area contributed by atoms with Crippen LogP contribution in [0.3, 0.4) is 0 Å². The summed E-state index contributed by atoms with van der Waals surface area (Å²) in [5.41, 5.74) is 2.43. The van der Waals surface area contributed by atoms with Gasteiger partial charge in [0.2, 0.25) is 5.91 Å². The molecule has 26 heavy (non-hydrogen) atoms. The van der Waals surface area contributed by atoms with Crippen molar-refractivity contribution in [3.8, 4) is 11.1 Å². The predicted octanol–water partition coefficient (Wildman–Crippen LogP) is 2.49. The zero-order valence-corrected chi connectivity index (χ0v) is 14.6. The number of nitrogens with one attached hydrogen (secondary N) is 1. The molecule has 0 saturated carbocycles. The van der Waals surface area contributed by atoms with E-state index < -0.39 is 5.41 Å². The van der Waals surface area contributed by atoms with Crippen molar-refractivity contribution >= 4 is 17.4 Å². The van der Waals surface area contributed by atoms with E-state index in [0.29, 0.717) is 11.6 Å². The first kappa shape index (κ1) is 16.1. The van der Waals surface area contributed by atoms with Gasteiger partial charge in [0.05, 0.1) is 11.1 Å². The normalized spacial score (nSPS) is 15.2. The van der Waals surface area contributed by atoms with Gasteiger partial charge in [-0.25, -0.2) is 15.1 Å². The summed E-state index contributed by atoms with van der Waals surface area (Å²) in [7, 11) is 0. The van der Waals surface area contributed by atoms with Gasteiger partial charge in [-0.3, -0.25) is 14.5 Å². The molecule has 3 heterocycles. The maximum Gasteiger partial charge on any atom is 0.264 e. The fraction of sp³-hybridized carbons (Fsp3) is 0.211. The van der Waals surface area contributed by atoms with Crippen molar-refractivity contribution in [3.05, 3.63) is 64.5 Å². The third-order valence-corrected chi connectivity index (χ3v) is 4.66. The minimum atomic E-state index is -0.685. The Hall–Kier alpha value is -3.35. The summed E-state index contributed by atoms with van der Waals surface area (Å²) in [5, 5.41) is 6.42. The number of amides is 1. The molecule has 0 fully saturated rings. The maximum atomic E-state index is 13.0. The molecule has 7 nitrogen and oxygen atoms in total. The van der Waals surface area contributed by atoms with Crippen LogP contribution in [-0.4, -0.2) is 26.1 Å². The smallest absolute Gasteiger partial charge is 0.264 e. The molecule has 1 aliphatic rings. The molecule has 0 aliphatic carbocycles. The minimum Gasteiger partial charge on any atom is -0.273 e. The van der Waals surface area contributed by atoms with Crippen LogP contribution < -0.4 is 10.5 Å². The lowest BCUT2D eigenvalue weighted by Crippen LogP contribution is -2.34. The molecular formula is C19H17N5O2. The summed E-state index contributed by atoms with van der Waals surface area (Å²) in [6, 6.07) is 8.75. The summed E-state index contributed by atoms with van der Waals surface area (Å²) in [6.07, 6.45) is 3.52. The topological polar surface area (TPSA) is 91.8 Å². The predicted molar refractivity (Wildman–Crippen MR) is 97.2 cm³/mol. The number of hydrogen-bond acceptors (Lipinski definition) is 5. The molecule has 0 saturated heterocycles. The third-order valence-electron chi connectivity index (χ3n) is 4.66. The number of rotatable bonds is 2. The Morgan fingerprint density at radius 1 is 1.00 bits per heavy atom. The number of aromatic nitrogens is 4. The van der Waals surface area contributed by atoms with Gasteiger partial charge in [-0.1, -0.05) is 12.1 Å². The fourth-order valence-electron chi connectivity index (χ4n) is 3.16. The highest BCUT2D eigenvalue weighted by atomic mass is 16.2. The van der Waals surface area contributed by atoms with Crippen LogP contribution in [0, 0.1) is 6.92 Å². The molecule has 1 amide bonds. The van der Waals surface area contributed by atoms with Gasteiger partial charge in [0.25, 0.3) is 5.56 Å². The molecule has 0 radical (unpaired) electrons. The number of carbonyl (C=O) groups is 1. The molecule has 4 rings (SSSR count). The molecule has 0 atom stereocenters. The number of carbonyl (C=O) groups excluding carboxylic acids is 1. The van der Waals surface area contributed by atoms with Crippen molar-refractivity contribution in [1.29, 1.82) is 0 Å². The van der Waals surface area contributed by atoms with Gasteiger partial charge >= 0.3 is 0 Å². The number of fused-ring (bicyclic) bond motifs is 1. The average Bonchev–Trinajstić information content (AvgIpc) is 2.83. The van der Waals surface area contributed by atoms with Gasteiger partial charge in [0.15, 0.2) is 5.82 Å². The lowest BCUT2D eigenvalue weighted by atomic mass is 9.85. The molecule has 2 aromatic heterocycles. The van der Waals surface area contributed by atoms with Crippen molar-refractivity contribution in [3.63, 3.8) is 0 Å². The summed E-state index contributed by atoms with van der Waals surface area (Å²) in [5.74, 6) is 0.994. The number of nitrogens with zero attached hydrogens (tertiary/aromatic N) is 4. The minimum absolute atomic E-state index is 0.0932. The van der Waals surface area contributed by atoms with Crippen molar-refractivity contribution in [1.82, 2.24) is 20.2 Å². The fourth-order valence-corrected chi connectivity index (χ4v) is 3.16. The Morgan fingerprint density at radius 2 is 1.73 bits per heavy atom. The molecule has 1 N–H and O–H groups in total. The van der Waals surface area contributed by atoms with Gasteiger partial charge < -0.3 is 0 Å². The molecule has 0 spiro atoms. The van der Waals surface area contributed by atoms with E-state index in [1.54, 1.807) is 23.4 Å². The van der Waals surface area contributed by atoms with Crippen LogP contribution in [0.4, 0.5) is 11.5 Å². The largest absolute Gasteiger partial charge is 0.273 e. The summed E-state index contributed by atoms with van der Waals surface area (Å²) < 4.78 is 0. The first-order valence-corrected chi connectivity index (χ1v) is 8.22. The van der Waals surface area contributed by atoms with Gasteiger partial charge in [-0.05, 0) is 44.0 Å². The maximum absolute atomic E-state index is 13.0. The highest BCUT2D eigenvalue weighted by Gasteiger charge is 2.45. The van der Waals surface area contributed by atoms with Crippen LogP contribution in [0.2, 0.25) is 0 Å². The van der Waals surface area contributed by atoms with Crippen LogP contribution >= 0.6 is 0 Å². The Morgan fingerprint density at radius 3 is 2.38 bits per heavy atom. The Labute approximate surface area is 149 Å².